The van der Waals surface area contributed by atoms with E-state index in [-0.39, 0.29) is 17.2 Å². The van der Waals surface area contributed by atoms with Crippen molar-refractivity contribution in [3.8, 4) is 0 Å². The lowest BCUT2D eigenvalue weighted by atomic mass is 10.1. The van der Waals surface area contributed by atoms with Gasteiger partial charge in [0.15, 0.2) is 6.61 Å². The lowest BCUT2D eigenvalue weighted by Crippen LogP contribution is -2.25. The van der Waals surface area contributed by atoms with Gasteiger partial charge in [-0.1, -0.05) is 18.2 Å². The highest BCUT2D eigenvalue weighted by Crippen LogP contribution is 2.20. The van der Waals surface area contributed by atoms with E-state index in [0.29, 0.717) is 33.8 Å². The van der Waals surface area contributed by atoms with E-state index in [2.05, 4.69) is 10.4 Å². The van der Waals surface area contributed by atoms with Crippen LogP contribution in [-0.2, 0) is 9.47 Å². The van der Waals surface area contributed by atoms with E-state index in [9.17, 15) is 19.2 Å². The standard InChI is InChI=1S/C24H25N3O6/c1-13-11-18(16(4)27(13)26-22(29)17-9-7-6-8-10-17)19(28)12-33-24(31)21-14(2)20(15(3)25-21)23(30)32-5/h6-11,25H,12H2,1-5H3,(H,26,29). The maximum atomic E-state index is 12.7. The number of amides is 1. The van der Waals surface area contributed by atoms with Gasteiger partial charge in [-0.3, -0.25) is 19.7 Å². The van der Waals surface area contributed by atoms with Gasteiger partial charge in [0.1, 0.15) is 5.69 Å². The monoisotopic (exact) mass is 451 g/mol. The molecule has 2 aromatic heterocycles. The first-order valence-corrected chi connectivity index (χ1v) is 10.2. The summed E-state index contributed by atoms with van der Waals surface area (Å²) in [5, 5.41) is 0. The van der Waals surface area contributed by atoms with Crippen LogP contribution >= 0.6 is 0 Å². The average Bonchev–Trinajstić information content (AvgIpc) is 3.26. The van der Waals surface area contributed by atoms with Crippen LogP contribution < -0.4 is 5.43 Å². The molecule has 3 aromatic rings. The van der Waals surface area contributed by atoms with Crippen molar-refractivity contribution in [1.29, 1.82) is 0 Å². The van der Waals surface area contributed by atoms with E-state index in [0.717, 1.165) is 0 Å². The topological polar surface area (TPSA) is 119 Å². The lowest BCUT2D eigenvalue weighted by molar-refractivity contribution is 0.0468. The maximum Gasteiger partial charge on any atom is 0.355 e. The van der Waals surface area contributed by atoms with E-state index < -0.39 is 24.3 Å². The van der Waals surface area contributed by atoms with Crippen molar-refractivity contribution in [1.82, 2.24) is 9.66 Å². The van der Waals surface area contributed by atoms with Crippen molar-refractivity contribution < 1.29 is 28.7 Å². The Hall–Kier alpha value is -4.14. The predicted molar refractivity (Wildman–Crippen MR) is 120 cm³/mol. The summed E-state index contributed by atoms with van der Waals surface area (Å²) >= 11 is 0. The number of rotatable bonds is 7. The molecule has 0 atom stereocenters. The molecule has 2 heterocycles. The molecule has 33 heavy (non-hydrogen) atoms. The number of aryl methyl sites for hydroxylation is 2. The fourth-order valence-corrected chi connectivity index (χ4v) is 3.62. The molecule has 0 radical (unpaired) electrons. The quantitative estimate of drug-likeness (QED) is 0.420. The van der Waals surface area contributed by atoms with Crippen LogP contribution in [0.3, 0.4) is 0 Å². The average molecular weight is 451 g/mol. The largest absolute Gasteiger partial charge is 0.465 e. The van der Waals surface area contributed by atoms with Crippen molar-refractivity contribution in [2.45, 2.75) is 27.7 Å². The third-order valence-electron chi connectivity index (χ3n) is 5.35. The zero-order valence-electron chi connectivity index (χ0n) is 19.1. The fourth-order valence-electron chi connectivity index (χ4n) is 3.62. The van der Waals surface area contributed by atoms with E-state index in [1.165, 1.54) is 11.8 Å². The molecule has 0 fully saturated rings. The second kappa shape index (κ2) is 9.56. The van der Waals surface area contributed by atoms with Crippen molar-refractivity contribution in [2.75, 3.05) is 19.1 Å². The number of Topliss-reactive ketones (excluding diaryl/α,β-unsaturated/α-hetero) is 1. The molecule has 1 amide bonds. The number of ketones is 1. The van der Waals surface area contributed by atoms with Gasteiger partial charge in [0, 0.05) is 28.2 Å². The number of hydrogen-bond donors (Lipinski definition) is 2. The molecule has 9 heteroatoms. The molecule has 2 N–H and O–H groups in total. The van der Waals surface area contributed by atoms with Crippen LogP contribution in [-0.4, -0.2) is 47.0 Å². The number of aromatic nitrogens is 2. The molecule has 0 saturated heterocycles. The van der Waals surface area contributed by atoms with Crippen LogP contribution in [0.25, 0.3) is 0 Å². The minimum atomic E-state index is -0.759. The molecule has 3 rings (SSSR count). The first kappa shape index (κ1) is 23.5. The Morgan fingerprint density at radius 3 is 2.30 bits per heavy atom. The highest BCUT2D eigenvalue weighted by molar-refractivity contribution is 6.03. The normalized spacial score (nSPS) is 10.6. The van der Waals surface area contributed by atoms with Crippen molar-refractivity contribution in [3.63, 3.8) is 0 Å². The van der Waals surface area contributed by atoms with E-state index >= 15 is 0 Å². The number of esters is 2. The molecule has 1 aromatic carbocycles. The Kier molecular flexibility index (Phi) is 6.81. The SMILES string of the molecule is COC(=O)c1c(C)[nH]c(C(=O)OCC(=O)c2cc(C)n(NC(=O)c3ccccc3)c2C)c1C. The van der Waals surface area contributed by atoms with Gasteiger partial charge in [-0.25, -0.2) is 9.59 Å². The van der Waals surface area contributed by atoms with Gasteiger partial charge in [0.05, 0.1) is 12.7 Å². The second-order valence-electron chi connectivity index (χ2n) is 7.54. The minimum Gasteiger partial charge on any atom is -0.465 e. The molecule has 172 valence electrons. The molecule has 0 unspecified atom stereocenters. The molecule has 0 aliphatic carbocycles. The van der Waals surface area contributed by atoms with Crippen LogP contribution in [0.15, 0.2) is 36.4 Å². The van der Waals surface area contributed by atoms with Crippen LogP contribution in [0, 0.1) is 27.7 Å². The first-order valence-electron chi connectivity index (χ1n) is 10.2. The Morgan fingerprint density at radius 2 is 1.67 bits per heavy atom. The van der Waals surface area contributed by atoms with E-state index in [1.54, 1.807) is 58.0 Å². The zero-order chi connectivity index (χ0) is 24.3. The van der Waals surface area contributed by atoms with Crippen LogP contribution in [0.5, 0.6) is 0 Å². The maximum absolute atomic E-state index is 12.7. The first-order chi connectivity index (χ1) is 15.6. The summed E-state index contributed by atoms with van der Waals surface area (Å²) in [5.41, 5.74) is 5.92. The Morgan fingerprint density at radius 1 is 1.00 bits per heavy atom. The molecule has 0 saturated carbocycles. The molecule has 9 nitrogen and oxygen atoms in total. The molecule has 0 spiro atoms. The molecular formula is C24H25N3O6. The number of nitrogens with zero attached hydrogens (tertiary/aromatic N) is 1. The third-order valence-corrected chi connectivity index (χ3v) is 5.35. The highest BCUT2D eigenvalue weighted by atomic mass is 16.5. The predicted octanol–water partition coefficient (Wildman–Crippen LogP) is 3.26. The van der Waals surface area contributed by atoms with E-state index in [1.807, 2.05) is 6.07 Å². The fraction of sp³-hybridized carbons (Fsp3) is 0.250. The second-order valence-corrected chi connectivity index (χ2v) is 7.54. The number of ether oxygens (including phenoxy) is 2. The van der Waals surface area contributed by atoms with Gasteiger partial charge in [0.25, 0.3) is 5.91 Å². The number of carbonyl (C=O) groups excluding carboxylic acids is 4. The molecular weight excluding hydrogens is 426 g/mol. The van der Waals surface area contributed by atoms with Crippen molar-refractivity contribution in [3.05, 3.63) is 81.4 Å². The van der Waals surface area contributed by atoms with Crippen molar-refractivity contribution >= 4 is 23.6 Å². The van der Waals surface area contributed by atoms with Gasteiger partial charge in [-0.2, -0.15) is 0 Å². The number of benzene rings is 1. The highest BCUT2D eigenvalue weighted by Gasteiger charge is 2.25. The number of carbonyl (C=O) groups is 4. The van der Waals surface area contributed by atoms with Crippen molar-refractivity contribution in [2.24, 2.45) is 0 Å². The van der Waals surface area contributed by atoms with Gasteiger partial charge >= 0.3 is 11.9 Å². The Labute approximate surface area is 190 Å². The van der Waals surface area contributed by atoms with E-state index in [4.69, 9.17) is 9.47 Å². The third kappa shape index (κ3) is 4.72. The summed E-state index contributed by atoms with van der Waals surface area (Å²) in [6.45, 7) is 6.17. The van der Waals surface area contributed by atoms with Gasteiger partial charge in [-0.05, 0) is 51.5 Å². The zero-order valence-corrected chi connectivity index (χ0v) is 19.1. The van der Waals surface area contributed by atoms with Crippen LogP contribution in [0.2, 0.25) is 0 Å². The van der Waals surface area contributed by atoms with Gasteiger partial charge < -0.3 is 14.5 Å². The van der Waals surface area contributed by atoms with Gasteiger partial charge in [-0.15, -0.1) is 0 Å². The lowest BCUT2D eigenvalue weighted by Gasteiger charge is -2.11. The summed E-state index contributed by atoms with van der Waals surface area (Å²) in [5.74, 6) is -2.07. The summed E-state index contributed by atoms with van der Waals surface area (Å²) in [4.78, 5) is 52.5. The van der Waals surface area contributed by atoms with Crippen LogP contribution in [0.1, 0.15) is 64.2 Å². The Bertz CT molecular complexity index is 1240. The number of aromatic amines is 1. The summed E-state index contributed by atoms with van der Waals surface area (Å²) in [7, 11) is 1.25. The summed E-state index contributed by atoms with van der Waals surface area (Å²) in [6, 6.07) is 10.3. The number of H-pyrrole nitrogens is 1. The molecule has 0 aliphatic rings. The Balaban J connectivity index is 1.72. The smallest absolute Gasteiger partial charge is 0.355 e. The number of hydrogen-bond acceptors (Lipinski definition) is 6. The summed E-state index contributed by atoms with van der Waals surface area (Å²) in [6.07, 6.45) is 0. The minimum absolute atomic E-state index is 0.0845. The van der Waals surface area contributed by atoms with Crippen LogP contribution in [0.4, 0.5) is 0 Å². The molecule has 0 bridgehead atoms. The van der Waals surface area contributed by atoms with Gasteiger partial charge in [0.2, 0.25) is 5.78 Å². The molecule has 0 aliphatic heterocycles. The number of methoxy groups -OCH3 is 1. The number of nitrogens with one attached hydrogen (secondary N) is 2. The summed E-state index contributed by atoms with van der Waals surface area (Å²) < 4.78 is 11.4.